The molecule has 0 radical (unpaired) electrons. The average molecular weight is 207 g/mol. The minimum absolute atomic E-state index is 0.281. The van der Waals surface area contributed by atoms with Crippen molar-refractivity contribution in [3.63, 3.8) is 0 Å². The van der Waals surface area contributed by atoms with Crippen LogP contribution in [0.1, 0.15) is 0 Å². The maximum atomic E-state index is 11.5. The van der Waals surface area contributed by atoms with E-state index >= 15 is 0 Å². The first kappa shape index (κ1) is 9.02. The third-order valence-electron chi connectivity index (χ3n) is 2.08. The molecular formula is C10H9NO2S. The van der Waals surface area contributed by atoms with Crippen molar-refractivity contribution in [2.45, 2.75) is 4.90 Å². The number of para-hydroxylation sites is 1. The van der Waals surface area contributed by atoms with Crippen LogP contribution in [0.4, 0.5) is 0 Å². The molecule has 1 aromatic heterocycles. The zero-order valence-corrected chi connectivity index (χ0v) is 8.21. The Morgan fingerprint density at radius 2 is 2.00 bits per heavy atom. The minimum atomic E-state index is -3.35. The predicted molar refractivity (Wildman–Crippen MR) is 55.7 cm³/mol. The van der Waals surface area contributed by atoms with Crippen molar-refractivity contribution < 1.29 is 8.42 Å². The quantitative estimate of drug-likeness (QED) is 0.819. The fourth-order valence-electron chi connectivity index (χ4n) is 1.37. The summed E-state index contributed by atoms with van der Waals surface area (Å²) in [6.45, 7) is 3.29. The highest BCUT2D eigenvalue weighted by Gasteiger charge is 2.14. The Morgan fingerprint density at radius 1 is 1.29 bits per heavy atom. The Bertz CT molecular complexity index is 581. The molecule has 0 aliphatic rings. The summed E-state index contributed by atoms with van der Waals surface area (Å²) in [6, 6.07) is 7.25. The maximum absolute atomic E-state index is 11.5. The van der Waals surface area contributed by atoms with E-state index in [1.54, 1.807) is 12.1 Å². The molecule has 0 unspecified atom stereocenters. The predicted octanol–water partition coefficient (Wildman–Crippen LogP) is 2.09. The highest BCUT2D eigenvalue weighted by Crippen LogP contribution is 2.23. The number of hydrogen-bond acceptors (Lipinski definition) is 2. The van der Waals surface area contributed by atoms with Gasteiger partial charge in [-0.25, -0.2) is 8.42 Å². The third kappa shape index (κ3) is 1.24. The summed E-state index contributed by atoms with van der Waals surface area (Å²) >= 11 is 0. The molecule has 0 saturated heterocycles. The van der Waals surface area contributed by atoms with E-state index in [2.05, 4.69) is 11.6 Å². The molecule has 2 aromatic rings. The average Bonchev–Trinajstić information content (AvgIpc) is 2.61. The maximum Gasteiger partial charge on any atom is 0.201 e. The largest absolute Gasteiger partial charge is 0.360 e. The zero-order chi connectivity index (χ0) is 10.2. The van der Waals surface area contributed by atoms with Crippen LogP contribution in [0, 0.1) is 0 Å². The SMILES string of the molecule is C=CS(=O)(=O)c1c[nH]c2ccccc12. The number of fused-ring (bicyclic) bond motifs is 1. The van der Waals surface area contributed by atoms with Crippen LogP contribution in [0.2, 0.25) is 0 Å². The lowest BCUT2D eigenvalue weighted by Gasteiger charge is -1.94. The monoisotopic (exact) mass is 207 g/mol. The van der Waals surface area contributed by atoms with Gasteiger partial charge in [-0.1, -0.05) is 24.8 Å². The fourth-order valence-corrected chi connectivity index (χ4v) is 2.26. The summed E-state index contributed by atoms with van der Waals surface area (Å²) in [7, 11) is -3.35. The Kier molecular flexibility index (Phi) is 1.93. The van der Waals surface area contributed by atoms with Gasteiger partial charge in [-0.2, -0.15) is 0 Å². The topological polar surface area (TPSA) is 49.9 Å². The second kappa shape index (κ2) is 2.99. The number of rotatable bonds is 2. The van der Waals surface area contributed by atoms with Gasteiger partial charge in [0, 0.05) is 22.5 Å². The van der Waals surface area contributed by atoms with Crippen LogP contribution in [-0.4, -0.2) is 13.4 Å². The molecule has 1 heterocycles. The molecule has 2 rings (SSSR count). The summed E-state index contributed by atoms with van der Waals surface area (Å²) in [5.41, 5.74) is 0.813. The molecule has 0 amide bonds. The highest BCUT2D eigenvalue weighted by atomic mass is 32.2. The standard InChI is InChI=1S/C10H9NO2S/c1-2-14(12,13)10-7-11-9-6-4-3-5-8(9)10/h2-7,11H,1H2. The van der Waals surface area contributed by atoms with Crippen molar-refractivity contribution in [1.82, 2.24) is 4.98 Å². The Balaban J connectivity index is 2.83. The van der Waals surface area contributed by atoms with Crippen molar-refractivity contribution in [1.29, 1.82) is 0 Å². The molecular weight excluding hydrogens is 198 g/mol. The molecule has 1 N–H and O–H groups in total. The van der Waals surface area contributed by atoms with Crippen LogP contribution in [-0.2, 0) is 9.84 Å². The first-order valence-corrected chi connectivity index (χ1v) is 5.63. The molecule has 72 valence electrons. The Morgan fingerprint density at radius 3 is 2.71 bits per heavy atom. The lowest BCUT2D eigenvalue weighted by molar-refractivity contribution is 0.605. The van der Waals surface area contributed by atoms with Crippen molar-refractivity contribution in [3.8, 4) is 0 Å². The molecule has 0 aliphatic heterocycles. The van der Waals surface area contributed by atoms with E-state index in [4.69, 9.17) is 0 Å². The van der Waals surface area contributed by atoms with Gasteiger partial charge in [0.25, 0.3) is 0 Å². The molecule has 4 heteroatoms. The van der Waals surface area contributed by atoms with Crippen LogP contribution in [0.5, 0.6) is 0 Å². The van der Waals surface area contributed by atoms with E-state index < -0.39 is 9.84 Å². The molecule has 0 bridgehead atoms. The summed E-state index contributed by atoms with van der Waals surface area (Å²) in [4.78, 5) is 3.18. The number of aromatic amines is 1. The molecule has 0 atom stereocenters. The number of benzene rings is 1. The summed E-state index contributed by atoms with van der Waals surface area (Å²) in [5, 5.41) is 1.66. The molecule has 1 aromatic carbocycles. The molecule has 0 fully saturated rings. The van der Waals surface area contributed by atoms with E-state index in [1.807, 2.05) is 12.1 Å². The van der Waals surface area contributed by atoms with Gasteiger partial charge in [0.2, 0.25) is 9.84 Å². The number of nitrogens with one attached hydrogen (secondary N) is 1. The first-order valence-electron chi connectivity index (χ1n) is 4.09. The van der Waals surface area contributed by atoms with E-state index in [0.29, 0.717) is 5.39 Å². The second-order valence-electron chi connectivity index (χ2n) is 2.91. The smallest absolute Gasteiger partial charge is 0.201 e. The van der Waals surface area contributed by atoms with Gasteiger partial charge in [0.1, 0.15) is 0 Å². The van der Waals surface area contributed by atoms with E-state index in [9.17, 15) is 8.42 Å². The summed E-state index contributed by atoms with van der Waals surface area (Å²) in [6.07, 6.45) is 1.49. The number of H-pyrrole nitrogens is 1. The third-order valence-corrected chi connectivity index (χ3v) is 3.47. The van der Waals surface area contributed by atoms with Crippen molar-refractivity contribution in [2.75, 3.05) is 0 Å². The molecule has 3 nitrogen and oxygen atoms in total. The van der Waals surface area contributed by atoms with Gasteiger partial charge in [-0.15, -0.1) is 0 Å². The van der Waals surface area contributed by atoms with E-state index in [-0.39, 0.29) is 4.90 Å². The van der Waals surface area contributed by atoms with Gasteiger partial charge < -0.3 is 4.98 Å². The number of hydrogen-bond donors (Lipinski definition) is 1. The fraction of sp³-hybridized carbons (Fsp3) is 0. The van der Waals surface area contributed by atoms with Crippen LogP contribution < -0.4 is 0 Å². The Hall–Kier alpha value is -1.55. The van der Waals surface area contributed by atoms with Gasteiger partial charge in [0.05, 0.1) is 4.90 Å². The van der Waals surface area contributed by atoms with E-state index in [0.717, 1.165) is 10.9 Å². The van der Waals surface area contributed by atoms with E-state index in [1.165, 1.54) is 6.20 Å². The van der Waals surface area contributed by atoms with Crippen LogP contribution >= 0.6 is 0 Å². The van der Waals surface area contributed by atoms with Gasteiger partial charge >= 0.3 is 0 Å². The van der Waals surface area contributed by atoms with Gasteiger partial charge in [-0.3, -0.25) is 0 Å². The zero-order valence-electron chi connectivity index (χ0n) is 7.40. The lowest BCUT2D eigenvalue weighted by Crippen LogP contribution is -1.93. The van der Waals surface area contributed by atoms with Crippen molar-refractivity contribution in [3.05, 3.63) is 42.4 Å². The lowest BCUT2D eigenvalue weighted by atomic mass is 10.2. The molecule has 0 spiro atoms. The summed E-state index contributed by atoms with van der Waals surface area (Å²) < 4.78 is 23.1. The van der Waals surface area contributed by atoms with Gasteiger partial charge in [0.15, 0.2) is 0 Å². The Labute approximate surface area is 82.0 Å². The second-order valence-corrected chi connectivity index (χ2v) is 4.77. The minimum Gasteiger partial charge on any atom is -0.360 e. The van der Waals surface area contributed by atoms with Crippen LogP contribution in [0.25, 0.3) is 10.9 Å². The number of aromatic nitrogens is 1. The summed E-state index contributed by atoms with van der Waals surface area (Å²) in [5.74, 6) is 0. The highest BCUT2D eigenvalue weighted by molar-refractivity contribution is 7.94. The molecule has 0 saturated carbocycles. The molecule has 0 aliphatic carbocycles. The van der Waals surface area contributed by atoms with Crippen molar-refractivity contribution in [2.24, 2.45) is 0 Å². The number of sulfone groups is 1. The van der Waals surface area contributed by atoms with Crippen LogP contribution in [0.15, 0.2) is 47.3 Å². The first-order chi connectivity index (χ1) is 6.65. The molecule has 14 heavy (non-hydrogen) atoms. The van der Waals surface area contributed by atoms with Crippen LogP contribution in [0.3, 0.4) is 0 Å². The normalized spacial score (nSPS) is 11.7. The van der Waals surface area contributed by atoms with Gasteiger partial charge in [-0.05, 0) is 6.07 Å². The van der Waals surface area contributed by atoms with Crippen molar-refractivity contribution >= 4 is 20.7 Å².